The molecule has 8 nitrogen and oxygen atoms in total. The predicted molar refractivity (Wildman–Crippen MR) is 146 cm³/mol. The fraction of sp³-hybridized carbons (Fsp3) is 0.241. The lowest BCUT2D eigenvalue weighted by Gasteiger charge is -2.28. The van der Waals surface area contributed by atoms with Crippen LogP contribution in [0.15, 0.2) is 73.1 Å². The Bertz CT molecular complexity index is 1430. The van der Waals surface area contributed by atoms with Crippen LogP contribution in [0.25, 0.3) is 10.9 Å². The molecule has 8 heteroatoms. The highest BCUT2D eigenvalue weighted by Crippen LogP contribution is 2.36. The quantitative estimate of drug-likeness (QED) is 0.265. The number of hydrogen-bond acceptors (Lipinski definition) is 7. The van der Waals surface area contributed by atoms with Crippen LogP contribution in [0.2, 0.25) is 0 Å². The van der Waals surface area contributed by atoms with Gasteiger partial charge in [0.15, 0.2) is 5.78 Å². The number of nitrogens with zero attached hydrogens (tertiary/aromatic N) is 4. The van der Waals surface area contributed by atoms with E-state index in [0.29, 0.717) is 51.3 Å². The highest BCUT2D eigenvalue weighted by molar-refractivity contribution is 6.14. The zero-order chi connectivity index (χ0) is 25.8. The van der Waals surface area contributed by atoms with Gasteiger partial charge in [0, 0.05) is 23.1 Å². The van der Waals surface area contributed by atoms with Gasteiger partial charge >= 0.3 is 0 Å². The largest absolute Gasteiger partial charge is 0.396 e. The number of rotatable bonds is 9. The van der Waals surface area contributed by atoms with Crippen molar-refractivity contribution in [2.75, 3.05) is 36.8 Å². The van der Waals surface area contributed by atoms with Crippen molar-refractivity contribution >= 4 is 39.8 Å². The van der Waals surface area contributed by atoms with E-state index in [1.807, 2.05) is 41.3 Å². The Hall–Kier alpha value is -4.30. The number of anilines is 3. The number of benzene rings is 3. The number of carbonyl (C=O) groups excluding carboxylic acids is 2. The third kappa shape index (κ3) is 5.01. The molecular formula is C29H30N6O2. The van der Waals surface area contributed by atoms with E-state index in [1.54, 1.807) is 30.3 Å². The standard InChI is InChI=1S/C29H30N6O2/c30-25-21(27(36)20-9-2-1-3-10-20)11-7-14-24(25)35(18-8-17-34-15-4-5-16-34)29-23-13-6-12-22(28(31)37)26(23)32-19-33-29/h1-3,6-7,9-14,19H,4-5,8,15-18,30H2,(H2,31,37). The summed E-state index contributed by atoms with van der Waals surface area (Å²) in [6, 6.07) is 19.9. The molecule has 0 radical (unpaired) electrons. The van der Waals surface area contributed by atoms with E-state index in [4.69, 9.17) is 11.5 Å². The fourth-order valence-corrected chi connectivity index (χ4v) is 5.02. The van der Waals surface area contributed by atoms with Crippen molar-refractivity contribution in [2.45, 2.75) is 19.3 Å². The molecule has 0 atom stereocenters. The molecule has 0 unspecified atom stereocenters. The van der Waals surface area contributed by atoms with Gasteiger partial charge in [0.05, 0.1) is 22.5 Å². The zero-order valence-electron chi connectivity index (χ0n) is 20.6. The lowest BCUT2D eigenvalue weighted by molar-refractivity contribution is 0.1000. The Morgan fingerprint density at radius 1 is 0.892 bits per heavy atom. The molecule has 5 rings (SSSR count). The van der Waals surface area contributed by atoms with Crippen LogP contribution in [-0.2, 0) is 0 Å². The molecular weight excluding hydrogens is 464 g/mol. The first-order valence-electron chi connectivity index (χ1n) is 12.6. The normalized spacial score (nSPS) is 13.6. The minimum atomic E-state index is -0.550. The van der Waals surface area contributed by atoms with Crippen LogP contribution in [0.3, 0.4) is 0 Å². The molecule has 4 aromatic rings. The lowest BCUT2D eigenvalue weighted by Crippen LogP contribution is -2.27. The smallest absolute Gasteiger partial charge is 0.250 e. The van der Waals surface area contributed by atoms with Crippen molar-refractivity contribution in [3.8, 4) is 0 Å². The number of primary amides is 1. The van der Waals surface area contributed by atoms with E-state index in [-0.39, 0.29) is 5.78 Å². The lowest BCUT2D eigenvalue weighted by atomic mass is 10.00. The number of carbonyl (C=O) groups is 2. The van der Waals surface area contributed by atoms with Gasteiger partial charge < -0.3 is 21.3 Å². The van der Waals surface area contributed by atoms with E-state index in [2.05, 4.69) is 14.9 Å². The van der Waals surface area contributed by atoms with Crippen molar-refractivity contribution in [1.82, 2.24) is 14.9 Å². The molecule has 1 aromatic heterocycles. The van der Waals surface area contributed by atoms with Crippen molar-refractivity contribution in [2.24, 2.45) is 5.73 Å². The first-order valence-corrected chi connectivity index (χ1v) is 12.6. The molecule has 0 aliphatic carbocycles. The average molecular weight is 495 g/mol. The van der Waals surface area contributed by atoms with Crippen LogP contribution in [0.4, 0.5) is 17.2 Å². The van der Waals surface area contributed by atoms with Gasteiger partial charge in [-0.3, -0.25) is 9.59 Å². The van der Waals surface area contributed by atoms with E-state index >= 15 is 0 Å². The zero-order valence-corrected chi connectivity index (χ0v) is 20.6. The second-order valence-corrected chi connectivity index (χ2v) is 9.25. The first kappa shape index (κ1) is 24.4. The minimum absolute atomic E-state index is 0.138. The van der Waals surface area contributed by atoms with E-state index in [0.717, 1.165) is 26.1 Å². The van der Waals surface area contributed by atoms with E-state index in [1.165, 1.54) is 19.2 Å². The molecule has 0 saturated carbocycles. The second kappa shape index (κ2) is 10.8. The number of fused-ring (bicyclic) bond motifs is 1. The summed E-state index contributed by atoms with van der Waals surface area (Å²) in [6.45, 7) is 3.80. The molecule has 2 heterocycles. The summed E-state index contributed by atoms with van der Waals surface area (Å²) in [6.07, 6.45) is 4.77. The van der Waals surface area contributed by atoms with Gasteiger partial charge in [0.2, 0.25) is 0 Å². The highest BCUT2D eigenvalue weighted by atomic mass is 16.1. The number of likely N-dealkylation sites (tertiary alicyclic amines) is 1. The molecule has 0 spiro atoms. The molecule has 3 aromatic carbocycles. The van der Waals surface area contributed by atoms with Crippen LogP contribution in [0.1, 0.15) is 45.5 Å². The van der Waals surface area contributed by atoms with Crippen molar-refractivity contribution in [3.05, 3.63) is 89.7 Å². The van der Waals surface area contributed by atoms with Gasteiger partial charge in [-0.05, 0) is 63.2 Å². The highest BCUT2D eigenvalue weighted by Gasteiger charge is 2.23. The second-order valence-electron chi connectivity index (χ2n) is 9.25. The van der Waals surface area contributed by atoms with Crippen molar-refractivity contribution in [3.63, 3.8) is 0 Å². The Kier molecular flexibility index (Phi) is 7.09. The van der Waals surface area contributed by atoms with Crippen LogP contribution in [0, 0.1) is 0 Å². The first-order chi connectivity index (χ1) is 18.0. The third-order valence-corrected chi connectivity index (χ3v) is 6.87. The Morgan fingerprint density at radius 2 is 1.62 bits per heavy atom. The van der Waals surface area contributed by atoms with E-state index in [9.17, 15) is 9.59 Å². The monoisotopic (exact) mass is 494 g/mol. The summed E-state index contributed by atoms with van der Waals surface area (Å²) in [5.74, 6) is -0.0724. The summed E-state index contributed by atoms with van der Waals surface area (Å²) in [4.78, 5) is 38.9. The van der Waals surface area contributed by atoms with Gasteiger partial charge in [0.25, 0.3) is 5.91 Å². The third-order valence-electron chi connectivity index (χ3n) is 6.87. The van der Waals surface area contributed by atoms with Gasteiger partial charge in [-0.2, -0.15) is 0 Å². The molecule has 188 valence electrons. The Morgan fingerprint density at radius 3 is 2.38 bits per heavy atom. The van der Waals surface area contributed by atoms with Crippen LogP contribution < -0.4 is 16.4 Å². The maximum Gasteiger partial charge on any atom is 0.250 e. The van der Waals surface area contributed by atoms with Crippen LogP contribution >= 0.6 is 0 Å². The topological polar surface area (TPSA) is 118 Å². The summed E-state index contributed by atoms with van der Waals surface area (Å²) in [7, 11) is 0. The number of aromatic nitrogens is 2. The minimum Gasteiger partial charge on any atom is -0.396 e. The number of amides is 1. The average Bonchev–Trinajstić information content (AvgIpc) is 3.45. The number of nitrogen functional groups attached to an aromatic ring is 1. The van der Waals surface area contributed by atoms with Crippen LogP contribution in [0.5, 0.6) is 0 Å². The number of ketones is 1. The molecule has 37 heavy (non-hydrogen) atoms. The molecule has 1 aliphatic heterocycles. The summed E-state index contributed by atoms with van der Waals surface area (Å²) >= 11 is 0. The van der Waals surface area contributed by atoms with Gasteiger partial charge in [-0.15, -0.1) is 0 Å². The summed E-state index contributed by atoms with van der Waals surface area (Å²) < 4.78 is 0. The van der Waals surface area contributed by atoms with Gasteiger partial charge in [0.1, 0.15) is 12.1 Å². The molecule has 4 N–H and O–H groups in total. The van der Waals surface area contributed by atoms with Crippen molar-refractivity contribution < 1.29 is 9.59 Å². The Labute approximate surface area is 215 Å². The predicted octanol–water partition coefficient (Wildman–Crippen LogP) is 4.17. The fourth-order valence-electron chi connectivity index (χ4n) is 5.02. The number of para-hydroxylation sites is 2. The maximum atomic E-state index is 13.3. The molecule has 1 aliphatic rings. The molecule has 1 amide bonds. The maximum absolute atomic E-state index is 13.3. The number of nitrogens with two attached hydrogens (primary N) is 2. The molecule has 0 bridgehead atoms. The summed E-state index contributed by atoms with van der Waals surface area (Å²) in [5.41, 5.74) is 15.2. The van der Waals surface area contributed by atoms with Crippen molar-refractivity contribution in [1.29, 1.82) is 0 Å². The van der Waals surface area contributed by atoms with Gasteiger partial charge in [-0.1, -0.05) is 42.5 Å². The molecule has 1 fully saturated rings. The Balaban J connectivity index is 1.58. The van der Waals surface area contributed by atoms with Gasteiger partial charge in [-0.25, -0.2) is 9.97 Å². The number of hydrogen-bond donors (Lipinski definition) is 2. The molecule has 1 saturated heterocycles. The van der Waals surface area contributed by atoms with E-state index < -0.39 is 5.91 Å². The SMILES string of the molecule is NC(=O)c1cccc2c(N(CCCN3CCCC3)c3cccc(C(=O)c4ccccc4)c3N)ncnc12. The van der Waals surface area contributed by atoms with Crippen LogP contribution in [-0.4, -0.2) is 52.7 Å². The summed E-state index contributed by atoms with van der Waals surface area (Å²) in [5, 5.41) is 0.694.